The number of carbonyl (C=O) groups is 2. The molecule has 0 aromatic heterocycles. The highest BCUT2D eigenvalue weighted by Gasteiger charge is 2.18. The lowest BCUT2D eigenvalue weighted by Crippen LogP contribution is -2.46. The minimum atomic E-state index is -0.000815. The van der Waals surface area contributed by atoms with Crippen LogP contribution in [-0.4, -0.2) is 56.0 Å². The first-order valence-corrected chi connectivity index (χ1v) is 9.70. The first-order chi connectivity index (χ1) is 12.6. The number of amides is 2. The number of unbranched alkanes of at least 4 members (excludes halogenated alkanes) is 2. The van der Waals surface area contributed by atoms with Crippen LogP contribution < -0.4 is 15.5 Å². The predicted octanol–water partition coefficient (Wildman–Crippen LogP) is 2.46. The number of benzene rings is 1. The minimum absolute atomic E-state index is 0.000815. The Morgan fingerprint density at radius 2 is 1.77 bits per heavy atom. The number of likely N-dealkylation sites (N-methyl/N-ethyl adjacent to an activating group) is 1. The fraction of sp³-hybridized carbons (Fsp3) is 0.600. The van der Waals surface area contributed by atoms with Crippen LogP contribution in [0.25, 0.3) is 0 Å². The van der Waals surface area contributed by atoms with Crippen molar-refractivity contribution in [2.75, 3.05) is 49.5 Å². The Kier molecular flexibility index (Phi) is 8.41. The van der Waals surface area contributed by atoms with Gasteiger partial charge in [0.15, 0.2) is 0 Å². The summed E-state index contributed by atoms with van der Waals surface area (Å²) in [4.78, 5) is 27.9. The van der Waals surface area contributed by atoms with Crippen molar-refractivity contribution in [3.63, 3.8) is 0 Å². The van der Waals surface area contributed by atoms with Gasteiger partial charge in [0.05, 0.1) is 11.4 Å². The second-order valence-corrected chi connectivity index (χ2v) is 6.78. The Balaban J connectivity index is 1.78. The molecule has 6 heteroatoms. The second kappa shape index (κ2) is 10.8. The van der Waals surface area contributed by atoms with Gasteiger partial charge in [-0.15, -0.1) is 0 Å². The molecule has 144 valence electrons. The molecule has 1 heterocycles. The third kappa shape index (κ3) is 6.67. The highest BCUT2D eigenvalue weighted by atomic mass is 16.2. The summed E-state index contributed by atoms with van der Waals surface area (Å²) in [7, 11) is 0. The Bertz CT molecular complexity index is 583. The summed E-state index contributed by atoms with van der Waals surface area (Å²) in [6, 6.07) is 8.06. The van der Waals surface area contributed by atoms with E-state index >= 15 is 0 Å². The number of carbonyl (C=O) groups excluding carboxylic acids is 2. The van der Waals surface area contributed by atoms with Crippen LogP contribution >= 0.6 is 0 Å². The third-order valence-electron chi connectivity index (χ3n) is 4.79. The molecular formula is C20H32N4O2. The lowest BCUT2D eigenvalue weighted by Gasteiger charge is -2.36. The van der Waals surface area contributed by atoms with E-state index in [-0.39, 0.29) is 11.8 Å². The van der Waals surface area contributed by atoms with E-state index in [1.807, 2.05) is 18.2 Å². The van der Waals surface area contributed by atoms with Gasteiger partial charge >= 0.3 is 0 Å². The zero-order valence-electron chi connectivity index (χ0n) is 16.1. The maximum atomic E-state index is 12.3. The highest BCUT2D eigenvalue weighted by molar-refractivity contribution is 5.94. The average molecular weight is 361 g/mol. The molecule has 2 amide bonds. The molecule has 0 radical (unpaired) electrons. The summed E-state index contributed by atoms with van der Waals surface area (Å²) >= 11 is 0. The molecule has 0 atom stereocenters. The summed E-state index contributed by atoms with van der Waals surface area (Å²) in [5, 5.41) is 5.85. The van der Waals surface area contributed by atoms with Crippen LogP contribution in [-0.2, 0) is 9.59 Å². The predicted molar refractivity (Wildman–Crippen MR) is 107 cm³/mol. The van der Waals surface area contributed by atoms with Gasteiger partial charge in [-0.3, -0.25) is 9.59 Å². The molecule has 2 N–H and O–H groups in total. The van der Waals surface area contributed by atoms with Crippen molar-refractivity contribution in [2.45, 2.75) is 39.5 Å². The van der Waals surface area contributed by atoms with Gasteiger partial charge in [-0.25, -0.2) is 0 Å². The Morgan fingerprint density at radius 1 is 1.04 bits per heavy atom. The van der Waals surface area contributed by atoms with Gasteiger partial charge < -0.3 is 20.4 Å². The van der Waals surface area contributed by atoms with Crippen LogP contribution in [0.1, 0.15) is 39.5 Å². The van der Waals surface area contributed by atoms with E-state index in [0.29, 0.717) is 13.0 Å². The molecule has 1 aliphatic rings. The zero-order chi connectivity index (χ0) is 18.8. The van der Waals surface area contributed by atoms with E-state index in [2.05, 4.69) is 33.4 Å². The van der Waals surface area contributed by atoms with Gasteiger partial charge in [-0.1, -0.05) is 25.5 Å². The topological polar surface area (TPSA) is 64.7 Å². The van der Waals surface area contributed by atoms with E-state index in [0.717, 1.165) is 63.4 Å². The molecule has 1 aromatic rings. The normalized spacial score (nSPS) is 14.9. The fourth-order valence-corrected chi connectivity index (χ4v) is 3.22. The van der Waals surface area contributed by atoms with Crippen molar-refractivity contribution < 1.29 is 9.59 Å². The molecule has 0 bridgehead atoms. The molecule has 26 heavy (non-hydrogen) atoms. The summed E-state index contributed by atoms with van der Waals surface area (Å²) in [5.74, 6) is 0.0586. The number of hydrogen-bond acceptors (Lipinski definition) is 4. The largest absolute Gasteiger partial charge is 0.367 e. The first-order valence-electron chi connectivity index (χ1n) is 9.70. The van der Waals surface area contributed by atoms with Crippen molar-refractivity contribution in [1.82, 2.24) is 10.2 Å². The molecule has 1 saturated heterocycles. The number of hydrogen-bond donors (Lipinski definition) is 2. The van der Waals surface area contributed by atoms with Crippen molar-refractivity contribution in [3.8, 4) is 0 Å². The lowest BCUT2D eigenvalue weighted by atomic mass is 10.1. The number of para-hydroxylation sites is 2. The molecule has 1 aromatic carbocycles. The van der Waals surface area contributed by atoms with Crippen LogP contribution in [0.15, 0.2) is 24.3 Å². The van der Waals surface area contributed by atoms with Crippen LogP contribution in [0.2, 0.25) is 0 Å². The third-order valence-corrected chi connectivity index (χ3v) is 4.79. The van der Waals surface area contributed by atoms with E-state index in [1.54, 1.807) is 0 Å². The van der Waals surface area contributed by atoms with E-state index in [9.17, 15) is 9.59 Å². The lowest BCUT2D eigenvalue weighted by molar-refractivity contribution is -0.119. The summed E-state index contributed by atoms with van der Waals surface area (Å²) in [5.41, 5.74) is 2.02. The maximum absolute atomic E-state index is 12.3. The molecule has 2 rings (SSSR count). The molecule has 0 unspecified atom stereocenters. The average Bonchev–Trinajstić information content (AvgIpc) is 2.65. The number of anilines is 2. The molecule has 0 aliphatic carbocycles. The molecule has 0 saturated carbocycles. The van der Waals surface area contributed by atoms with E-state index in [1.165, 1.54) is 6.92 Å². The van der Waals surface area contributed by atoms with E-state index < -0.39 is 0 Å². The number of nitrogens with one attached hydrogen (secondary N) is 2. The minimum Gasteiger partial charge on any atom is -0.367 e. The van der Waals surface area contributed by atoms with Gasteiger partial charge in [0.1, 0.15) is 0 Å². The zero-order valence-corrected chi connectivity index (χ0v) is 16.1. The monoisotopic (exact) mass is 360 g/mol. The van der Waals surface area contributed by atoms with Crippen LogP contribution in [0.4, 0.5) is 11.4 Å². The van der Waals surface area contributed by atoms with Crippen molar-refractivity contribution in [1.29, 1.82) is 0 Å². The Hall–Kier alpha value is -2.08. The van der Waals surface area contributed by atoms with Gasteiger partial charge in [-0.05, 0) is 31.5 Å². The SMILES string of the molecule is CCN1CCN(c2ccccc2NC(=O)CCCCCNC(C)=O)CC1. The van der Waals surface area contributed by atoms with Gasteiger partial charge in [0.25, 0.3) is 0 Å². The first kappa shape index (κ1) is 20.2. The Morgan fingerprint density at radius 3 is 2.46 bits per heavy atom. The van der Waals surface area contributed by atoms with Crippen molar-refractivity contribution in [2.24, 2.45) is 0 Å². The van der Waals surface area contributed by atoms with Crippen molar-refractivity contribution in [3.05, 3.63) is 24.3 Å². The van der Waals surface area contributed by atoms with Gasteiger partial charge in [-0.2, -0.15) is 0 Å². The molecule has 1 aliphatic heterocycles. The number of rotatable bonds is 9. The van der Waals surface area contributed by atoms with Gasteiger partial charge in [0.2, 0.25) is 11.8 Å². The molecular weight excluding hydrogens is 328 g/mol. The van der Waals surface area contributed by atoms with Crippen LogP contribution in [0, 0.1) is 0 Å². The smallest absolute Gasteiger partial charge is 0.224 e. The number of nitrogens with zero attached hydrogens (tertiary/aromatic N) is 2. The second-order valence-electron chi connectivity index (χ2n) is 6.78. The molecule has 0 spiro atoms. The summed E-state index contributed by atoms with van der Waals surface area (Å²) in [6.07, 6.45) is 3.19. The van der Waals surface area contributed by atoms with Crippen LogP contribution in [0.3, 0.4) is 0 Å². The standard InChI is InChI=1S/C20H32N4O2/c1-3-23-13-15-24(16-14-23)19-10-7-6-9-18(19)22-20(26)11-5-4-8-12-21-17(2)25/h6-7,9-10H,3-5,8,11-16H2,1-2H3,(H,21,25)(H,22,26). The van der Waals surface area contributed by atoms with E-state index in [4.69, 9.17) is 0 Å². The van der Waals surface area contributed by atoms with Crippen molar-refractivity contribution >= 4 is 23.2 Å². The quantitative estimate of drug-likeness (QED) is 0.664. The Labute approximate surface area is 156 Å². The molecule has 1 fully saturated rings. The maximum Gasteiger partial charge on any atom is 0.224 e. The molecule has 6 nitrogen and oxygen atoms in total. The highest BCUT2D eigenvalue weighted by Crippen LogP contribution is 2.26. The fourth-order valence-electron chi connectivity index (χ4n) is 3.22. The summed E-state index contributed by atoms with van der Waals surface area (Å²) in [6.45, 7) is 9.60. The van der Waals surface area contributed by atoms with Gasteiger partial charge in [0, 0.05) is 46.1 Å². The number of piperazine rings is 1. The summed E-state index contributed by atoms with van der Waals surface area (Å²) < 4.78 is 0. The van der Waals surface area contributed by atoms with Crippen LogP contribution in [0.5, 0.6) is 0 Å².